The van der Waals surface area contributed by atoms with Gasteiger partial charge in [-0.25, -0.2) is 14.8 Å². The van der Waals surface area contributed by atoms with E-state index >= 15 is 0 Å². The maximum Gasteiger partial charge on any atom is 0.335 e. The molecule has 0 fully saturated rings. The van der Waals surface area contributed by atoms with Crippen LogP contribution in [0.5, 0.6) is 0 Å². The molecule has 0 saturated carbocycles. The van der Waals surface area contributed by atoms with Crippen LogP contribution in [0.3, 0.4) is 0 Å². The summed E-state index contributed by atoms with van der Waals surface area (Å²) in [5, 5.41) is 28.6. The lowest BCUT2D eigenvalue weighted by atomic mass is 10.1. The lowest BCUT2D eigenvalue weighted by Crippen LogP contribution is -2.33. The Morgan fingerprint density at radius 3 is 1.73 bits per heavy atom. The normalized spacial score (nSPS) is 11.0. The van der Waals surface area contributed by atoms with Gasteiger partial charge in [-0.2, -0.15) is 0 Å². The third-order valence-corrected chi connectivity index (χ3v) is 6.35. The molecule has 0 radical (unpaired) electrons. The van der Waals surface area contributed by atoms with Crippen LogP contribution in [-0.2, 0) is 9.47 Å². The molecule has 0 bridgehead atoms. The standard InChI is InChI=1S/C29H39N5O6/c1-21-6-7-24(20-30-21)26-28(34(14-18-39-2)15-19-40-3)31-25(22-8-10-23(11-9-22)29(37)38)27(32-26)33(12-4-16-35)13-5-17-36/h6-11,20,35-36H,4-5,12-19H2,1-3H3,(H,37,38). The van der Waals surface area contributed by atoms with Gasteiger partial charge in [0.15, 0.2) is 11.6 Å². The molecule has 0 aliphatic rings. The first kappa shape index (κ1) is 30.9. The number of pyridine rings is 1. The van der Waals surface area contributed by atoms with Crippen molar-refractivity contribution in [2.75, 3.05) is 76.6 Å². The van der Waals surface area contributed by atoms with Crippen LogP contribution in [0.4, 0.5) is 11.6 Å². The number of aromatic nitrogens is 3. The fourth-order valence-corrected chi connectivity index (χ4v) is 4.20. The van der Waals surface area contributed by atoms with Crippen molar-refractivity contribution >= 4 is 17.6 Å². The Kier molecular flexibility index (Phi) is 12.2. The first-order valence-corrected chi connectivity index (χ1v) is 13.3. The van der Waals surface area contributed by atoms with Crippen molar-refractivity contribution in [3.8, 4) is 22.5 Å². The molecule has 0 aliphatic carbocycles. The van der Waals surface area contributed by atoms with Gasteiger partial charge < -0.3 is 34.6 Å². The first-order chi connectivity index (χ1) is 19.4. The van der Waals surface area contributed by atoms with Gasteiger partial charge in [-0.05, 0) is 44.0 Å². The average molecular weight is 554 g/mol. The summed E-state index contributed by atoms with van der Waals surface area (Å²) in [7, 11) is 3.29. The van der Waals surface area contributed by atoms with Gasteiger partial charge in [0.25, 0.3) is 0 Å². The van der Waals surface area contributed by atoms with Crippen LogP contribution in [0, 0.1) is 6.92 Å². The van der Waals surface area contributed by atoms with Gasteiger partial charge in [-0.15, -0.1) is 0 Å². The highest BCUT2D eigenvalue weighted by Gasteiger charge is 2.24. The van der Waals surface area contributed by atoms with Crippen LogP contribution in [0.15, 0.2) is 42.6 Å². The largest absolute Gasteiger partial charge is 0.478 e. The highest BCUT2D eigenvalue weighted by molar-refractivity contribution is 5.89. The molecule has 3 aromatic rings. The molecule has 0 atom stereocenters. The summed E-state index contributed by atoms with van der Waals surface area (Å²) in [4.78, 5) is 30.4. The van der Waals surface area contributed by atoms with Gasteiger partial charge in [0.1, 0.15) is 11.4 Å². The number of carboxylic acids is 1. The molecular formula is C29H39N5O6. The zero-order valence-corrected chi connectivity index (χ0v) is 23.4. The van der Waals surface area contributed by atoms with Gasteiger partial charge in [0.2, 0.25) is 0 Å². The molecule has 1 aromatic carbocycles. The van der Waals surface area contributed by atoms with Crippen molar-refractivity contribution in [1.82, 2.24) is 15.0 Å². The number of nitrogens with zero attached hydrogens (tertiary/aromatic N) is 5. The van der Waals surface area contributed by atoms with E-state index < -0.39 is 5.97 Å². The van der Waals surface area contributed by atoms with Crippen LogP contribution in [0.25, 0.3) is 22.5 Å². The number of aliphatic hydroxyl groups excluding tert-OH is 2. The molecule has 11 nitrogen and oxygen atoms in total. The molecule has 3 N–H and O–H groups in total. The molecule has 2 aromatic heterocycles. The van der Waals surface area contributed by atoms with E-state index in [0.717, 1.165) is 11.3 Å². The minimum Gasteiger partial charge on any atom is -0.478 e. The lowest BCUT2D eigenvalue weighted by molar-refractivity contribution is 0.0697. The van der Waals surface area contributed by atoms with Gasteiger partial charge in [-0.1, -0.05) is 12.1 Å². The number of ether oxygens (including phenoxy) is 2. The number of aryl methyl sites for hydroxylation is 1. The monoisotopic (exact) mass is 553 g/mol. The van der Waals surface area contributed by atoms with Crippen molar-refractivity contribution < 1.29 is 29.6 Å². The molecular weight excluding hydrogens is 514 g/mol. The first-order valence-electron chi connectivity index (χ1n) is 13.3. The van der Waals surface area contributed by atoms with Crippen molar-refractivity contribution in [3.05, 3.63) is 53.9 Å². The van der Waals surface area contributed by atoms with E-state index in [0.29, 0.717) is 80.8 Å². The van der Waals surface area contributed by atoms with Crippen molar-refractivity contribution in [1.29, 1.82) is 0 Å². The molecule has 3 rings (SSSR count). The summed E-state index contributed by atoms with van der Waals surface area (Å²) >= 11 is 0. The third-order valence-electron chi connectivity index (χ3n) is 6.35. The molecule has 11 heteroatoms. The molecule has 0 spiro atoms. The summed E-state index contributed by atoms with van der Waals surface area (Å²) in [5.41, 5.74) is 3.70. The van der Waals surface area contributed by atoms with E-state index in [2.05, 4.69) is 9.88 Å². The fourth-order valence-electron chi connectivity index (χ4n) is 4.20. The van der Waals surface area contributed by atoms with Crippen molar-refractivity contribution in [2.24, 2.45) is 0 Å². The number of carbonyl (C=O) groups is 1. The maximum atomic E-state index is 11.5. The Balaban J connectivity index is 2.31. The zero-order chi connectivity index (χ0) is 28.9. The van der Waals surface area contributed by atoms with Gasteiger partial charge in [0, 0.05) is 76.6 Å². The van der Waals surface area contributed by atoms with Crippen LogP contribution < -0.4 is 9.80 Å². The van der Waals surface area contributed by atoms with E-state index in [-0.39, 0.29) is 18.8 Å². The summed E-state index contributed by atoms with van der Waals surface area (Å²) in [5.74, 6) is 0.173. The van der Waals surface area contributed by atoms with Crippen LogP contribution in [0.1, 0.15) is 28.9 Å². The average Bonchev–Trinajstić information content (AvgIpc) is 2.97. The highest BCUT2D eigenvalue weighted by Crippen LogP contribution is 2.36. The molecule has 0 saturated heterocycles. The molecule has 216 valence electrons. The molecule has 0 unspecified atom stereocenters. The number of carboxylic acid groups (broad SMARTS) is 1. The zero-order valence-electron chi connectivity index (χ0n) is 23.4. The highest BCUT2D eigenvalue weighted by atomic mass is 16.5. The number of hydrogen-bond donors (Lipinski definition) is 3. The summed E-state index contributed by atoms with van der Waals surface area (Å²) < 4.78 is 10.8. The SMILES string of the molecule is COCCN(CCOC)c1nc(-c2ccc(C(=O)O)cc2)c(N(CCCO)CCCO)nc1-c1ccc(C)nc1. The smallest absolute Gasteiger partial charge is 0.335 e. The lowest BCUT2D eigenvalue weighted by Gasteiger charge is -2.30. The van der Waals surface area contributed by atoms with Crippen LogP contribution >= 0.6 is 0 Å². The summed E-state index contributed by atoms with van der Waals surface area (Å²) in [6.07, 6.45) is 2.77. The van der Waals surface area contributed by atoms with E-state index in [1.165, 1.54) is 0 Å². The number of methoxy groups -OCH3 is 2. The molecule has 0 aliphatic heterocycles. The number of aromatic carboxylic acids is 1. The summed E-state index contributed by atoms with van der Waals surface area (Å²) in [6.45, 7) is 4.90. The van der Waals surface area contributed by atoms with Gasteiger partial charge >= 0.3 is 5.97 Å². The summed E-state index contributed by atoms with van der Waals surface area (Å²) in [6, 6.07) is 10.4. The topological polar surface area (TPSA) is 141 Å². The molecule has 2 heterocycles. The molecule has 40 heavy (non-hydrogen) atoms. The third kappa shape index (κ3) is 8.18. The van der Waals surface area contributed by atoms with E-state index in [4.69, 9.17) is 19.4 Å². The number of aliphatic hydroxyl groups is 2. The minimum atomic E-state index is -1.02. The van der Waals surface area contributed by atoms with E-state index in [1.807, 2.05) is 24.0 Å². The fraction of sp³-hybridized carbons (Fsp3) is 0.448. The Labute approximate surface area is 235 Å². The van der Waals surface area contributed by atoms with Crippen LogP contribution in [0.2, 0.25) is 0 Å². The number of hydrogen-bond acceptors (Lipinski definition) is 10. The second-order valence-electron chi connectivity index (χ2n) is 9.25. The maximum absolute atomic E-state index is 11.5. The van der Waals surface area contributed by atoms with Gasteiger partial charge in [0.05, 0.1) is 18.8 Å². The Hall–Kier alpha value is -3.64. The Bertz CT molecular complexity index is 1190. The second kappa shape index (κ2) is 15.8. The second-order valence-corrected chi connectivity index (χ2v) is 9.25. The minimum absolute atomic E-state index is 0.000329. The van der Waals surface area contributed by atoms with Crippen molar-refractivity contribution in [2.45, 2.75) is 19.8 Å². The number of anilines is 2. The van der Waals surface area contributed by atoms with Crippen molar-refractivity contribution in [3.63, 3.8) is 0 Å². The predicted molar refractivity (Wildman–Crippen MR) is 154 cm³/mol. The number of benzene rings is 1. The van der Waals surface area contributed by atoms with E-state index in [9.17, 15) is 20.1 Å². The quantitative estimate of drug-likeness (QED) is 0.227. The van der Waals surface area contributed by atoms with Gasteiger partial charge in [-0.3, -0.25) is 4.98 Å². The Morgan fingerprint density at radius 1 is 0.775 bits per heavy atom. The molecule has 0 amide bonds. The van der Waals surface area contributed by atoms with E-state index in [1.54, 1.807) is 44.7 Å². The number of rotatable bonds is 17. The Morgan fingerprint density at radius 2 is 1.27 bits per heavy atom. The predicted octanol–water partition coefficient (Wildman–Crippen LogP) is 2.88. The van der Waals surface area contributed by atoms with Crippen LogP contribution in [-0.4, -0.2) is 103 Å².